The van der Waals surface area contributed by atoms with Crippen molar-refractivity contribution in [3.05, 3.63) is 42.0 Å². The molecule has 0 saturated carbocycles. The highest BCUT2D eigenvalue weighted by Gasteiger charge is 2.32. The standard InChI is InChI=1S/C24H31N5O2/c1-18-10-12-27(13-11-18)22-8-9-23(26-25-22)28-14-16-29(17-15-28)24(30)21-7-6-19-4-2-3-5-20(19)31-21/h2-5,8-9,18,21H,6-7,10-17H2,1H3. The van der Waals surface area contributed by atoms with Crippen molar-refractivity contribution < 1.29 is 9.53 Å². The summed E-state index contributed by atoms with van der Waals surface area (Å²) in [5.74, 6) is 3.62. The van der Waals surface area contributed by atoms with Crippen LogP contribution in [0, 0.1) is 5.92 Å². The molecule has 1 amide bonds. The Labute approximate surface area is 184 Å². The molecular formula is C24H31N5O2. The van der Waals surface area contributed by atoms with Gasteiger partial charge in [0.15, 0.2) is 17.7 Å². The maximum absolute atomic E-state index is 13.0. The minimum Gasteiger partial charge on any atom is -0.480 e. The number of carbonyl (C=O) groups excluding carboxylic acids is 1. The minimum absolute atomic E-state index is 0.106. The van der Waals surface area contributed by atoms with Gasteiger partial charge in [-0.1, -0.05) is 25.1 Å². The van der Waals surface area contributed by atoms with Gasteiger partial charge in [0.1, 0.15) is 5.75 Å². The summed E-state index contributed by atoms with van der Waals surface area (Å²) in [6.07, 6.45) is 3.71. The summed E-state index contributed by atoms with van der Waals surface area (Å²) in [5, 5.41) is 8.97. The Morgan fingerprint density at radius 1 is 0.871 bits per heavy atom. The molecule has 1 unspecified atom stereocenters. The van der Waals surface area contributed by atoms with E-state index in [1.165, 1.54) is 18.4 Å². The minimum atomic E-state index is -0.368. The van der Waals surface area contributed by atoms with Crippen LogP contribution in [0.15, 0.2) is 36.4 Å². The average molecular weight is 422 g/mol. The van der Waals surface area contributed by atoms with Crippen LogP contribution in [0.2, 0.25) is 0 Å². The highest BCUT2D eigenvalue weighted by Crippen LogP contribution is 2.28. The molecule has 2 saturated heterocycles. The zero-order valence-corrected chi connectivity index (χ0v) is 18.2. The number of aromatic nitrogens is 2. The van der Waals surface area contributed by atoms with E-state index in [-0.39, 0.29) is 12.0 Å². The summed E-state index contributed by atoms with van der Waals surface area (Å²) in [7, 11) is 0. The number of fused-ring (bicyclic) bond motifs is 1. The monoisotopic (exact) mass is 421 g/mol. The van der Waals surface area contributed by atoms with Crippen molar-refractivity contribution in [2.24, 2.45) is 5.92 Å². The average Bonchev–Trinajstić information content (AvgIpc) is 2.84. The lowest BCUT2D eigenvalue weighted by Gasteiger charge is -2.37. The molecule has 7 heteroatoms. The van der Waals surface area contributed by atoms with Gasteiger partial charge in [-0.3, -0.25) is 4.79 Å². The predicted octanol–water partition coefficient (Wildman–Crippen LogP) is 2.76. The number of piperidine rings is 1. The molecule has 0 N–H and O–H groups in total. The molecule has 3 aliphatic rings. The van der Waals surface area contributed by atoms with Gasteiger partial charge in [-0.2, -0.15) is 0 Å². The molecule has 0 radical (unpaired) electrons. The fourth-order valence-corrected chi connectivity index (χ4v) is 4.75. The Kier molecular flexibility index (Phi) is 5.66. The number of hydrogen-bond donors (Lipinski definition) is 0. The molecule has 7 nitrogen and oxygen atoms in total. The van der Waals surface area contributed by atoms with Gasteiger partial charge in [0.25, 0.3) is 5.91 Å². The van der Waals surface area contributed by atoms with Crippen molar-refractivity contribution in [2.45, 2.75) is 38.7 Å². The Bertz CT molecular complexity index is 902. The third-order valence-corrected chi connectivity index (χ3v) is 6.85. The molecule has 0 bridgehead atoms. The van der Waals surface area contributed by atoms with E-state index in [0.29, 0.717) is 13.1 Å². The molecule has 0 aliphatic carbocycles. The van der Waals surface area contributed by atoms with E-state index in [2.05, 4.69) is 45.1 Å². The van der Waals surface area contributed by atoms with Crippen molar-refractivity contribution in [1.82, 2.24) is 15.1 Å². The Morgan fingerprint density at radius 3 is 2.19 bits per heavy atom. The first-order chi connectivity index (χ1) is 15.2. The molecule has 31 heavy (non-hydrogen) atoms. The van der Waals surface area contributed by atoms with Gasteiger partial charge in [-0.25, -0.2) is 0 Å². The van der Waals surface area contributed by atoms with Crippen molar-refractivity contribution in [1.29, 1.82) is 0 Å². The van der Waals surface area contributed by atoms with Gasteiger partial charge in [-0.15, -0.1) is 10.2 Å². The van der Waals surface area contributed by atoms with Crippen molar-refractivity contribution in [2.75, 3.05) is 49.1 Å². The first kappa shape index (κ1) is 20.1. The number of aryl methyl sites for hydroxylation is 1. The molecular weight excluding hydrogens is 390 g/mol. The lowest BCUT2D eigenvalue weighted by atomic mass is 9.99. The molecule has 1 atom stereocenters. The molecule has 1 aromatic heterocycles. The second-order valence-corrected chi connectivity index (χ2v) is 8.98. The first-order valence-electron chi connectivity index (χ1n) is 11.5. The van der Waals surface area contributed by atoms with E-state index < -0.39 is 0 Å². The van der Waals surface area contributed by atoms with Crippen molar-refractivity contribution in [3.8, 4) is 5.75 Å². The number of anilines is 2. The van der Waals surface area contributed by atoms with Gasteiger partial charge in [0, 0.05) is 39.3 Å². The first-order valence-corrected chi connectivity index (χ1v) is 11.5. The van der Waals surface area contributed by atoms with Crippen LogP contribution < -0.4 is 14.5 Å². The normalized spacial score (nSPS) is 22.1. The fraction of sp³-hybridized carbons (Fsp3) is 0.542. The van der Waals surface area contributed by atoms with Crippen molar-refractivity contribution >= 4 is 17.5 Å². The van der Waals surface area contributed by atoms with Crippen LogP contribution in [0.4, 0.5) is 11.6 Å². The Hall–Kier alpha value is -2.83. The lowest BCUT2D eigenvalue weighted by molar-refractivity contribution is -0.139. The van der Waals surface area contributed by atoms with Crippen LogP contribution in [0.1, 0.15) is 31.7 Å². The second kappa shape index (κ2) is 8.73. The SMILES string of the molecule is CC1CCN(c2ccc(N3CCN(C(=O)C4CCc5ccccc5O4)CC3)nn2)CC1. The van der Waals surface area contributed by atoms with Crippen LogP contribution in [0.5, 0.6) is 5.75 Å². The van der Waals surface area contributed by atoms with Gasteiger partial charge >= 0.3 is 0 Å². The van der Waals surface area contributed by atoms with E-state index in [0.717, 1.165) is 62.3 Å². The summed E-state index contributed by atoms with van der Waals surface area (Å²) in [6, 6.07) is 12.2. The number of amides is 1. The number of ether oxygens (including phenoxy) is 1. The number of nitrogens with zero attached hydrogens (tertiary/aromatic N) is 5. The van der Waals surface area contributed by atoms with Crippen LogP contribution in [-0.2, 0) is 11.2 Å². The predicted molar refractivity (Wildman–Crippen MR) is 121 cm³/mol. The Balaban J connectivity index is 1.15. The number of hydrogen-bond acceptors (Lipinski definition) is 6. The highest BCUT2D eigenvalue weighted by atomic mass is 16.5. The van der Waals surface area contributed by atoms with Crippen LogP contribution in [0.3, 0.4) is 0 Å². The smallest absolute Gasteiger partial charge is 0.263 e. The number of piperazine rings is 1. The molecule has 4 heterocycles. The lowest BCUT2D eigenvalue weighted by Crippen LogP contribution is -2.53. The molecule has 3 aliphatic heterocycles. The number of para-hydroxylation sites is 1. The highest BCUT2D eigenvalue weighted by molar-refractivity contribution is 5.82. The third-order valence-electron chi connectivity index (χ3n) is 6.85. The van der Waals surface area contributed by atoms with E-state index in [1.54, 1.807) is 0 Å². The van der Waals surface area contributed by atoms with Crippen LogP contribution in [-0.4, -0.2) is 66.4 Å². The van der Waals surface area contributed by atoms with Gasteiger partial charge < -0.3 is 19.4 Å². The van der Waals surface area contributed by atoms with E-state index in [9.17, 15) is 4.79 Å². The second-order valence-electron chi connectivity index (χ2n) is 8.98. The van der Waals surface area contributed by atoms with Crippen LogP contribution in [0.25, 0.3) is 0 Å². The summed E-state index contributed by atoms with van der Waals surface area (Å²) in [5.41, 5.74) is 1.19. The topological polar surface area (TPSA) is 61.8 Å². The third kappa shape index (κ3) is 4.31. The molecule has 164 valence electrons. The number of benzene rings is 1. The summed E-state index contributed by atoms with van der Waals surface area (Å²) in [4.78, 5) is 19.5. The van der Waals surface area contributed by atoms with E-state index >= 15 is 0 Å². The summed E-state index contributed by atoms with van der Waals surface area (Å²) < 4.78 is 6.00. The van der Waals surface area contributed by atoms with Gasteiger partial charge in [-0.05, 0) is 55.4 Å². The fourth-order valence-electron chi connectivity index (χ4n) is 4.75. The van der Waals surface area contributed by atoms with Crippen molar-refractivity contribution in [3.63, 3.8) is 0 Å². The van der Waals surface area contributed by atoms with Gasteiger partial charge in [0.05, 0.1) is 0 Å². The number of carbonyl (C=O) groups is 1. The molecule has 0 spiro atoms. The summed E-state index contributed by atoms with van der Waals surface area (Å²) in [6.45, 7) is 7.35. The number of rotatable bonds is 3. The maximum atomic E-state index is 13.0. The quantitative estimate of drug-likeness (QED) is 0.760. The summed E-state index contributed by atoms with van der Waals surface area (Å²) >= 11 is 0. The zero-order valence-electron chi connectivity index (χ0n) is 18.2. The molecule has 2 aromatic rings. The van der Waals surface area contributed by atoms with E-state index in [4.69, 9.17) is 4.74 Å². The Morgan fingerprint density at radius 2 is 1.52 bits per heavy atom. The van der Waals surface area contributed by atoms with E-state index in [1.807, 2.05) is 23.1 Å². The maximum Gasteiger partial charge on any atom is 0.263 e. The van der Waals surface area contributed by atoms with Gasteiger partial charge in [0.2, 0.25) is 0 Å². The molecule has 1 aromatic carbocycles. The molecule has 5 rings (SSSR count). The van der Waals surface area contributed by atoms with Crippen LogP contribution >= 0.6 is 0 Å². The largest absolute Gasteiger partial charge is 0.480 e. The zero-order chi connectivity index (χ0) is 21.2. The molecule has 2 fully saturated rings.